The fourth-order valence-corrected chi connectivity index (χ4v) is 0. The predicted octanol–water partition coefficient (Wildman–Crippen LogP) is -2.00. The summed E-state index contributed by atoms with van der Waals surface area (Å²) in [6.07, 6.45) is 0. The van der Waals surface area contributed by atoms with Crippen LogP contribution in [0.2, 0.25) is 0 Å². The monoisotopic (exact) mass is 274 g/mol. The van der Waals surface area contributed by atoms with Gasteiger partial charge < -0.3 is 16.2 Å². The summed E-state index contributed by atoms with van der Waals surface area (Å²) < 4.78 is 0. The minimum absolute atomic E-state index is 0. The van der Waals surface area contributed by atoms with Gasteiger partial charge in [-0.15, -0.1) is 10.1 Å². The minimum Gasteiger partial charge on any atom is -0.412 e. The molecule has 0 amide bonds. The third-order valence-corrected chi connectivity index (χ3v) is 0. The first-order chi connectivity index (χ1) is 1.73. The van der Waals surface area contributed by atoms with Crippen LogP contribution in [0.5, 0.6) is 0 Å². The van der Waals surface area contributed by atoms with Gasteiger partial charge in [0.15, 0.2) is 0 Å². The van der Waals surface area contributed by atoms with Gasteiger partial charge in [0.25, 0.3) is 5.09 Å². The van der Waals surface area contributed by atoms with E-state index >= 15 is 0 Å². The average Bonchev–Trinajstić information content (AvgIpc) is 0.811. The molecule has 55 valence electrons. The van der Waals surface area contributed by atoms with E-state index in [2.05, 4.69) is 0 Å². The first-order valence-corrected chi connectivity index (χ1v) is 0.565. The van der Waals surface area contributed by atoms with Gasteiger partial charge in [-0.1, -0.05) is 0 Å². The van der Waals surface area contributed by atoms with E-state index in [0.29, 0.717) is 0 Å². The van der Waals surface area contributed by atoms with E-state index in [1.807, 2.05) is 0 Å². The van der Waals surface area contributed by atoms with E-state index < -0.39 is 5.09 Å². The van der Waals surface area contributed by atoms with Crippen LogP contribution >= 0.6 is 0 Å². The van der Waals surface area contributed by atoms with Crippen molar-refractivity contribution in [1.82, 2.24) is 0 Å². The van der Waals surface area contributed by atoms with Gasteiger partial charge in [0.2, 0.25) is 0 Å². The average molecular weight is 274 g/mol. The summed E-state index contributed by atoms with van der Waals surface area (Å²) >= 11 is 0. The maximum atomic E-state index is 8.36. The largest absolute Gasteiger partial charge is 0.412 e. The van der Waals surface area contributed by atoms with Gasteiger partial charge in [0, 0.05) is 36.9 Å². The third-order valence-electron chi connectivity index (χ3n) is 0. The third kappa shape index (κ3) is 962. The smallest absolute Gasteiger partial charge is 0.291 e. The Bertz CT molecular complexity index is 31.1. The molecule has 0 aromatic heterocycles. The Hall–Kier alpha value is 0.354. The molecular weight excluding hydrogens is 269 g/mol. The second-order valence-electron chi connectivity index (χ2n) is 0.238. The summed E-state index contributed by atoms with van der Waals surface area (Å²) in [7, 11) is 0. The zero-order valence-electron chi connectivity index (χ0n) is 2.97. The number of rotatable bonds is 0. The van der Waals surface area contributed by atoms with Crippen LogP contribution in [-0.4, -0.2) is 21.2 Å². The first-order valence-electron chi connectivity index (χ1n) is 0.565. The van der Waals surface area contributed by atoms with Gasteiger partial charge in [-0.3, -0.25) is 0 Å². The number of hydrogen-bond donors (Lipinski definition) is 1. The SMILES string of the molecule is O.O.O=[N+]([O-])O.[Lu]. The molecule has 0 aromatic carbocycles. The molecule has 0 rings (SSSR count). The van der Waals surface area contributed by atoms with Crippen LogP contribution in [0.1, 0.15) is 0 Å². The van der Waals surface area contributed by atoms with Gasteiger partial charge in [-0.2, -0.15) is 0 Å². The van der Waals surface area contributed by atoms with E-state index in [4.69, 9.17) is 15.3 Å². The van der Waals surface area contributed by atoms with Crippen molar-refractivity contribution in [3.8, 4) is 0 Å². The van der Waals surface area contributed by atoms with Gasteiger partial charge in [0.1, 0.15) is 0 Å². The van der Waals surface area contributed by atoms with Crippen LogP contribution in [0.3, 0.4) is 0 Å². The van der Waals surface area contributed by atoms with Crippen molar-refractivity contribution in [3.63, 3.8) is 0 Å². The topological polar surface area (TPSA) is 126 Å². The van der Waals surface area contributed by atoms with Crippen molar-refractivity contribution in [3.05, 3.63) is 10.1 Å². The number of nitrogens with zero attached hydrogens (tertiary/aromatic N) is 1. The summed E-state index contributed by atoms with van der Waals surface area (Å²) in [6.45, 7) is 0. The van der Waals surface area contributed by atoms with Crippen molar-refractivity contribution in [1.29, 1.82) is 0 Å². The molecule has 7 heavy (non-hydrogen) atoms. The zero-order valence-corrected chi connectivity index (χ0v) is 4.63. The Kier molecular flexibility index (Phi) is 61.1. The van der Waals surface area contributed by atoms with Crippen LogP contribution in [0.4, 0.5) is 0 Å². The molecule has 0 unspecified atom stereocenters. The fourth-order valence-electron chi connectivity index (χ4n) is 0. The quantitative estimate of drug-likeness (QED) is 0.405. The van der Waals surface area contributed by atoms with Crippen molar-refractivity contribution in [2.45, 2.75) is 0 Å². The van der Waals surface area contributed by atoms with Crippen molar-refractivity contribution in [2.75, 3.05) is 0 Å². The van der Waals surface area contributed by atoms with E-state index in [1.165, 1.54) is 0 Å². The molecule has 6 nitrogen and oxygen atoms in total. The Labute approximate surface area is 68.0 Å². The zero-order chi connectivity index (χ0) is 3.58. The van der Waals surface area contributed by atoms with Gasteiger partial charge in [0.05, 0.1) is 0 Å². The molecule has 0 aliphatic carbocycles. The van der Waals surface area contributed by atoms with E-state index in [9.17, 15) is 0 Å². The van der Waals surface area contributed by atoms with Gasteiger partial charge >= 0.3 is 0 Å². The molecule has 1 radical (unpaired) electrons. The summed E-state index contributed by atoms with van der Waals surface area (Å²) in [5.74, 6) is 0. The molecule has 7 heteroatoms. The summed E-state index contributed by atoms with van der Waals surface area (Å²) in [4.78, 5) is 8.36. The standard InChI is InChI=1S/Lu.HNO3.2H2O/c;2-1(3)4;;/h;(H,2,3,4);2*1H2. The molecule has 0 bridgehead atoms. The normalized spacial score (nSPS) is 3.43. The fraction of sp³-hybridized carbons (Fsp3) is 0. The van der Waals surface area contributed by atoms with E-state index in [0.717, 1.165) is 0 Å². The van der Waals surface area contributed by atoms with Gasteiger partial charge in [-0.05, 0) is 0 Å². The molecule has 0 aromatic rings. The number of hydrogen-bond acceptors (Lipinski definition) is 2. The molecule has 0 atom stereocenters. The van der Waals surface area contributed by atoms with E-state index in [-0.39, 0.29) is 47.8 Å². The van der Waals surface area contributed by atoms with Crippen LogP contribution in [0, 0.1) is 47.0 Å². The molecular formula is H5LuNO5. The summed E-state index contributed by atoms with van der Waals surface area (Å²) in [5, 5.41) is 13.6. The first kappa shape index (κ1) is 26.4. The second kappa shape index (κ2) is 16.2. The van der Waals surface area contributed by atoms with Crippen LogP contribution < -0.4 is 0 Å². The van der Waals surface area contributed by atoms with Crippen LogP contribution in [0.25, 0.3) is 0 Å². The van der Waals surface area contributed by atoms with Gasteiger partial charge in [-0.25, -0.2) is 0 Å². The summed E-state index contributed by atoms with van der Waals surface area (Å²) in [5.41, 5.74) is 0. The van der Waals surface area contributed by atoms with E-state index in [1.54, 1.807) is 0 Å². The Morgan fingerprint density at radius 1 is 1.43 bits per heavy atom. The summed E-state index contributed by atoms with van der Waals surface area (Å²) in [6, 6.07) is 0. The molecule has 0 heterocycles. The molecule has 0 aliphatic heterocycles. The molecule has 5 N–H and O–H groups in total. The predicted molar refractivity (Wildman–Crippen MR) is 16.0 cm³/mol. The molecule has 0 fully saturated rings. The van der Waals surface area contributed by atoms with Crippen LogP contribution in [-0.2, 0) is 0 Å². The van der Waals surface area contributed by atoms with Crippen molar-refractivity contribution >= 4 is 0 Å². The van der Waals surface area contributed by atoms with Crippen molar-refractivity contribution in [2.24, 2.45) is 0 Å². The maximum absolute atomic E-state index is 8.36. The molecule has 0 saturated carbocycles. The Morgan fingerprint density at radius 2 is 1.43 bits per heavy atom. The van der Waals surface area contributed by atoms with Crippen molar-refractivity contribution < 1.29 is 58.1 Å². The molecule has 0 saturated heterocycles. The molecule has 0 spiro atoms. The van der Waals surface area contributed by atoms with Crippen LogP contribution in [0.15, 0.2) is 0 Å². The Morgan fingerprint density at radius 3 is 1.43 bits per heavy atom. The maximum Gasteiger partial charge on any atom is 0.291 e. The molecule has 0 aliphatic rings. The minimum atomic E-state index is -1.50. The Balaban J connectivity index is -0.0000000150. The second-order valence-corrected chi connectivity index (χ2v) is 0.238.